The Kier molecular flexibility index (Phi) is 4.65. The summed E-state index contributed by atoms with van der Waals surface area (Å²) in [6, 6.07) is 3.84. The van der Waals surface area contributed by atoms with Crippen LogP contribution in [0.15, 0.2) is 12.1 Å². The molecule has 1 aromatic rings. The molecular weight excluding hydrogens is 252 g/mol. The van der Waals surface area contributed by atoms with Crippen LogP contribution in [0.4, 0.5) is 0 Å². The van der Waals surface area contributed by atoms with Gasteiger partial charge in [-0.05, 0) is 18.6 Å². The molecule has 3 nitrogen and oxygen atoms in total. The smallest absolute Gasteiger partial charge is 0.261 e. The van der Waals surface area contributed by atoms with Gasteiger partial charge in [0.2, 0.25) is 0 Å². The normalized spacial score (nSPS) is 11.2. The van der Waals surface area contributed by atoms with Crippen LogP contribution in [-0.4, -0.2) is 17.4 Å². The second-order valence-corrected chi connectivity index (χ2v) is 6.16. The maximum Gasteiger partial charge on any atom is 0.261 e. The number of nitrogens with one attached hydrogen (secondary N) is 1. The molecule has 94 valence electrons. The Balaban J connectivity index is 2.58. The lowest BCUT2D eigenvalue weighted by molar-refractivity contribution is 0.0949. The van der Waals surface area contributed by atoms with Gasteiger partial charge in [-0.15, -0.1) is 11.3 Å². The van der Waals surface area contributed by atoms with Crippen LogP contribution in [0.2, 0.25) is 0 Å². The molecule has 5 heteroatoms. The third-order valence-electron chi connectivity index (χ3n) is 2.59. The fourth-order valence-electron chi connectivity index (χ4n) is 1.17. The molecule has 17 heavy (non-hydrogen) atoms. The van der Waals surface area contributed by atoms with E-state index in [9.17, 15) is 4.79 Å². The predicted molar refractivity (Wildman–Crippen MR) is 76.6 cm³/mol. The van der Waals surface area contributed by atoms with Crippen molar-refractivity contribution in [2.75, 3.05) is 6.54 Å². The van der Waals surface area contributed by atoms with Crippen LogP contribution in [0.1, 0.15) is 35.3 Å². The maximum atomic E-state index is 11.9. The summed E-state index contributed by atoms with van der Waals surface area (Å²) in [6.07, 6.45) is 0.955. The highest BCUT2D eigenvalue weighted by atomic mass is 32.1. The second kappa shape index (κ2) is 5.60. The van der Waals surface area contributed by atoms with Gasteiger partial charge in [0.25, 0.3) is 5.91 Å². The van der Waals surface area contributed by atoms with Crippen molar-refractivity contribution >= 4 is 34.5 Å². The average molecular weight is 270 g/mol. The van der Waals surface area contributed by atoms with Crippen LogP contribution in [0.25, 0.3) is 0 Å². The first kappa shape index (κ1) is 14.1. The number of carbonyl (C=O) groups excluding carboxylic acids is 1. The Morgan fingerprint density at radius 2 is 2.18 bits per heavy atom. The van der Waals surface area contributed by atoms with Crippen LogP contribution in [0, 0.1) is 5.41 Å². The van der Waals surface area contributed by atoms with Crippen molar-refractivity contribution in [1.29, 1.82) is 0 Å². The van der Waals surface area contributed by atoms with Crippen LogP contribution in [0.3, 0.4) is 0 Å². The molecule has 0 saturated carbocycles. The van der Waals surface area contributed by atoms with Gasteiger partial charge >= 0.3 is 0 Å². The average Bonchev–Trinajstić information content (AvgIpc) is 2.74. The molecule has 1 rings (SSSR count). The number of rotatable bonds is 5. The topological polar surface area (TPSA) is 55.1 Å². The first-order chi connectivity index (χ1) is 7.86. The number of hydrogen-bond donors (Lipinski definition) is 2. The fraction of sp³-hybridized carbons (Fsp3) is 0.500. The molecule has 3 N–H and O–H groups in total. The van der Waals surface area contributed by atoms with E-state index in [1.165, 1.54) is 16.2 Å². The van der Waals surface area contributed by atoms with Crippen LogP contribution < -0.4 is 11.1 Å². The largest absolute Gasteiger partial charge is 0.393 e. The number of amides is 1. The van der Waals surface area contributed by atoms with E-state index in [0.717, 1.165) is 11.3 Å². The first-order valence-electron chi connectivity index (χ1n) is 5.53. The molecule has 0 saturated heterocycles. The molecule has 0 bridgehead atoms. The molecule has 1 aromatic heterocycles. The quantitative estimate of drug-likeness (QED) is 0.808. The minimum absolute atomic E-state index is 0.0565. The summed E-state index contributed by atoms with van der Waals surface area (Å²) in [6.45, 7) is 6.37. The van der Waals surface area contributed by atoms with Gasteiger partial charge in [-0.1, -0.05) is 33.0 Å². The number of aryl methyl sites for hydroxylation is 1. The van der Waals surface area contributed by atoms with Gasteiger partial charge in [0.05, 0.1) is 9.87 Å². The molecular formula is C12H18N2OS2. The highest BCUT2D eigenvalue weighted by Gasteiger charge is 2.22. The minimum atomic E-state index is -0.351. The Bertz CT molecular complexity index is 424. The highest BCUT2D eigenvalue weighted by molar-refractivity contribution is 7.80. The molecule has 1 amide bonds. The Labute approximate surface area is 111 Å². The number of thiocarbonyl (C=S) groups is 1. The number of thiophene rings is 1. The number of carbonyl (C=O) groups is 1. The van der Waals surface area contributed by atoms with E-state index in [1.54, 1.807) is 0 Å². The van der Waals surface area contributed by atoms with Crippen molar-refractivity contribution in [3.05, 3.63) is 21.9 Å². The Morgan fingerprint density at radius 3 is 2.65 bits per heavy atom. The van der Waals surface area contributed by atoms with Gasteiger partial charge in [-0.25, -0.2) is 0 Å². The van der Waals surface area contributed by atoms with E-state index in [4.69, 9.17) is 18.0 Å². The molecule has 0 aliphatic rings. The number of nitrogens with two attached hydrogens (primary N) is 1. The Morgan fingerprint density at radius 1 is 1.53 bits per heavy atom. The number of hydrogen-bond acceptors (Lipinski definition) is 3. The van der Waals surface area contributed by atoms with Crippen molar-refractivity contribution in [1.82, 2.24) is 5.32 Å². The van der Waals surface area contributed by atoms with Gasteiger partial charge in [-0.3, -0.25) is 4.79 Å². The first-order valence-corrected chi connectivity index (χ1v) is 6.76. The van der Waals surface area contributed by atoms with Gasteiger partial charge in [0.1, 0.15) is 0 Å². The zero-order valence-electron chi connectivity index (χ0n) is 10.4. The van der Waals surface area contributed by atoms with Crippen molar-refractivity contribution in [2.24, 2.45) is 11.1 Å². The molecule has 0 unspecified atom stereocenters. The van der Waals surface area contributed by atoms with Crippen molar-refractivity contribution in [2.45, 2.75) is 27.2 Å². The predicted octanol–water partition coefficient (Wildman–Crippen LogP) is 2.35. The molecule has 0 fully saturated rings. The van der Waals surface area contributed by atoms with E-state index in [1.807, 2.05) is 26.0 Å². The summed E-state index contributed by atoms with van der Waals surface area (Å²) in [4.78, 5) is 14.2. The fourth-order valence-corrected chi connectivity index (χ4v) is 2.10. The summed E-state index contributed by atoms with van der Waals surface area (Å²) in [7, 11) is 0. The summed E-state index contributed by atoms with van der Waals surface area (Å²) in [5.41, 5.74) is 5.25. The second-order valence-electron chi connectivity index (χ2n) is 4.55. The van der Waals surface area contributed by atoms with Crippen LogP contribution >= 0.6 is 23.6 Å². The SMILES string of the molecule is CCc1ccc(C(=O)NCC(C)(C)C(N)=S)s1. The lowest BCUT2D eigenvalue weighted by atomic mass is 9.94. The molecule has 1 heterocycles. The van der Waals surface area contributed by atoms with Gasteiger partial charge in [0, 0.05) is 16.8 Å². The van der Waals surface area contributed by atoms with E-state index in [0.29, 0.717) is 11.5 Å². The van der Waals surface area contributed by atoms with Gasteiger partial charge < -0.3 is 11.1 Å². The zero-order chi connectivity index (χ0) is 13.1. The van der Waals surface area contributed by atoms with Crippen LogP contribution in [-0.2, 0) is 6.42 Å². The van der Waals surface area contributed by atoms with E-state index in [-0.39, 0.29) is 11.3 Å². The van der Waals surface area contributed by atoms with Crippen molar-refractivity contribution < 1.29 is 4.79 Å². The Hall–Kier alpha value is -0.940. The van der Waals surface area contributed by atoms with E-state index >= 15 is 0 Å². The molecule has 0 spiro atoms. The molecule has 0 atom stereocenters. The minimum Gasteiger partial charge on any atom is -0.393 e. The molecule has 0 aromatic carbocycles. The van der Waals surface area contributed by atoms with Gasteiger partial charge in [-0.2, -0.15) is 0 Å². The lowest BCUT2D eigenvalue weighted by Gasteiger charge is -2.23. The van der Waals surface area contributed by atoms with Crippen LogP contribution in [0.5, 0.6) is 0 Å². The summed E-state index contributed by atoms with van der Waals surface area (Å²) >= 11 is 6.48. The molecule has 0 aliphatic heterocycles. The van der Waals surface area contributed by atoms with Gasteiger partial charge in [0.15, 0.2) is 0 Å². The summed E-state index contributed by atoms with van der Waals surface area (Å²) in [5, 5.41) is 2.86. The molecule has 0 radical (unpaired) electrons. The van der Waals surface area contributed by atoms with Crippen molar-refractivity contribution in [3.63, 3.8) is 0 Å². The van der Waals surface area contributed by atoms with E-state index < -0.39 is 0 Å². The highest BCUT2D eigenvalue weighted by Crippen LogP contribution is 2.18. The third-order valence-corrected chi connectivity index (χ3v) is 4.37. The maximum absolute atomic E-state index is 11.9. The van der Waals surface area contributed by atoms with Crippen molar-refractivity contribution in [3.8, 4) is 0 Å². The third kappa shape index (κ3) is 3.78. The monoisotopic (exact) mass is 270 g/mol. The summed E-state index contributed by atoms with van der Waals surface area (Å²) < 4.78 is 0. The molecule has 0 aliphatic carbocycles. The van der Waals surface area contributed by atoms with E-state index in [2.05, 4.69) is 12.2 Å². The standard InChI is InChI=1S/C12H18N2OS2/c1-4-8-5-6-9(17-8)10(15)14-7-12(2,3)11(13)16/h5-6H,4,7H2,1-3H3,(H2,13,16)(H,14,15). The lowest BCUT2D eigenvalue weighted by Crippen LogP contribution is -2.41. The summed E-state index contributed by atoms with van der Waals surface area (Å²) in [5.74, 6) is -0.0565. The zero-order valence-corrected chi connectivity index (χ0v) is 12.0.